The summed E-state index contributed by atoms with van der Waals surface area (Å²) in [4.78, 5) is 7.05. The number of nitrogens with two attached hydrogens (primary N) is 1. The SMILES string of the molecule is [2H]C([2H])([2H])c1cc(C([2H])([2H])[2H])nc(NS(=O)(=O)c2ccc(N)cc2)n1. The summed E-state index contributed by atoms with van der Waals surface area (Å²) in [5.74, 6) is -0.642. The Hall–Kier alpha value is -2.15. The molecule has 0 unspecified atom stereocenters. The molecule has 2 aromatic rings. The van der Waals surface area contributed by atoms with Gasteiger partial charge in [0, 0.05) is 25.3 Å². The number of nitrogen functional groups attached to an aromatic ring is 1. The van der Waals surface area contributed by atoms with Crippen LogP contribution in [-0.4, -0.2) is 18.4 Å². The van der Waals surface area contributed by atoms with Gasteiger partial charge in [0.25, 0.3) is 10.0 Å². The van der Waals surface area contributed by atoms with E-state index in [1.165, 1.54) is 24.3 Å². The number of nitrogens with one attached hydrogen (secondary N) is 1. The fraction of sp³-hybridized carbons (Fsp3) is 0.167. The van der Waals surface area contributed by atoms with Crippen LogP contribution in [0.25, 0.3) is 0 Å². The van der Waals surface area contributed by atoms with Crippen LogP contribution in [-0.2, 0) is 10.0 Å². The first-order chi connectivity index (χ1) is 11.3. The van der Waals surface area contributed by atoms with Crippen molar-refractivity contribution in [3.8, 4) is 0 Å². The van der Waals surface area contributed by atoms with Crippen molar-refractivity contribution in [1.82, 2.24) is 9.97 Å². The molecule has 2 rings (SSSR count). The molecule has 6 nitrogen and oxygen atoms in total. The summed E-state index contributed by atoms with van der Waals surface area (Å²) in [6.45, 7) is -5.46. The van der Waals surface area contributed by atoms with Crippen LogP contribution in [0.3, 0.4) is 0 Å². The molecule has 0 bridgehead atoms. The third-order valence-electron chi connectivity index (χ3n) is 2.14. The predicted octanol–water partition coefficient (Wildman–Crippen LogP) is 1.48. The van der Waals surface area contributed by atoms with E-state index >= 15 is 0 Å². The molecule has 0 amide bonds. The monoisotopic (exact) mass is 284 g/mol. The Bertz CT molecular complexity index is 846. The van der Waals surface area contributed by atoms with Gasteiger partial charge in [-0.25, -0.2) is 23.1 Å². The van der Waals surface area contributed by atoms with Crippen molar-refractivity contribution in [2.24, 2.45) is 0 Å². The van der Waals surface area contributed by atoms with Gasteiger partial charge in [-0.1, -0.05) is 0 Å². The number of aromatic nitrogens is 2. The van der Waals surface area contributed by atoms with Crippen molar-refractivity contribution in [2.45, 2.75) is 18.6 Å². The molecule has 0 atom stereocenters. The summed E-state index contributed by atoms with van der Waals surface area (Å²) in [7, 11) is -4.15. The number of hydrogen-bond donors (Lipinski definition) is 2. The van der Waals surface area contributed by atoms with Crippen LogP contribution in [0, 0.1) is 13.7 Å². The fourth-order valence-corrected chi connectivity index (χ4v) is 2.26. The standard InChI is InChI=1S/C12H14N4O2S/c1-8-7-9(2)15-12(14-8)16-19(17,18)11-5-3-10(13)4-6-11/h3-7H,13H2,1-2H3,(H,14,15,16)/i1D3,2D3. The lowest BCUT2D eigenvalue weighted by molar-refractivity contribution is 0.601. The normalized spacial score (nSPS) is 17.3. The van der Waals surface area contributed by atoms with Gasteiger partial charge < -0.3 is 5.73 Å². The first kappa shape index (κ1) is 7.44. The van der Waals surface area contributed by atoms with E-state index in [4.69, 9.17) is 14.0 Å². The molecule has 1 heterocycles. The van der Waals surface area contributed by atoms with Crippen molar-refractivity contribution in [1.29, 1.82) is 0 Å². The molecule has 0 fully saturated rings. The Morgan fingerprint density at radius 2 is 1.74 bits per heavy atom. The molecule has 1 aromatic carbocycles. The molecule has 19 heavy (non-hydrogen) atoms. The molecule has 100 valence electrons. The molecule has 0 aliphatic rings. The summed E-state index contributed by atoms with van der Waals surface area (Å²) in [5.41, 5.74) is 4.68. The van der Waals surface area contributed by atoms with Gasteiger partial charge in [-0.3, -0.25) is 0 Å². The lowest BCUT2D eigenvalue weighted by atomic mass is 10.3. The van der Waals surface area contributed by atoms with Gasteiger partial charge in [-0.2, -0.15) is 0 Å². The van der Waals surface area contributed by atoms with Crippen LogP contribution < -0.4 is 10.5 Å². The zero-order valence-electron chi connectivity index (χ0n) is 15.6. The maximum absolute atomic E-state index is 12.3. The van der Waals surface area contributed by atoms with Crippen molar-refractivity contribution < 1.29 is 16.6 Å². The van der Waals surface area contributed by atoms with E-state index in [1.54, 1.807) is 0 Å². The van der Waals surface area contributed by atoms with E-state index in [0.717, 1.165) is 6.07 Å². The summed E-state index contributed by atoms with van der Waals surface area (Å²) < 4.78 is 70.8. The molecule has 3 N–H and O–H groups in total. The minimum absolute atomic E-state index is 0.167. The Morgan fingerprint density at radius 3 is 2.26 bits per heavy atom. The molecule has 0 radical (unpaired) electrons. The highest BCUT2D eigenvalue weighted by Crippen LogP contribution is 2.15. The van der Waals surface area contributed by atoms with Crippen molar-refractivity contribution in [3.63, 3.8) is 0 Å². The molecular formula is C12H14N4O2S. The van der Waals surface area contributed by atoms with Crippen LogP contribution in [0.2, 0.25) is 0 Å². The van der Waals surface area contributed by atoms with Crippen LogP contribution in [0.5, 0.6) is 0 Å². The summed E-state index contributed by atoms with van der Waals surface area (Å²) >= 11 is 0. The van der Waals surface area contributed by atoms with Gasteiger partial charge in [0.2, 0.25) is 5.95 Å². The molecule has 0 saturated heterocycles. The van der Waals surface area contributed by atoms with E-state index < -0.39 is 41.1 Å². The van der Waals surface area contributed by atoms with Gasteiger partial charge in [0.05, 0.1) is 4.90 Å². The molecule has 0 saturated carbocycles. The van der Waals surface area contributed by atoms with E-state index in [0.29, 0.717) is 5.69 Å². The average Bonchev–Trinajstić information content (AvgIpc) is 2.45. The van der Waals surface area contributed by atoms with Crippen LogP contribution in [0.4, 0.5) is 11.6 Å². The number of anilines is 2. The fourth-order valence-electron chi connectivity index (χ4n) is 1.32. The van der Waals surface area contributed by atoms with Gasteiger partial charge in [0.15, 0.2) is 0 Å². The predicted molar refractivity (Wildman–Crippen MR) is 73.2 cm³/mol. The van der Waals surface area contributed by atoms with Crippen LogP contribution in [0.1, 0.15) is 19.6 Å². The largest absolute Gasteiger partial charge is 0.399 e. The van der Waals surface area contributed by atoms with Crippen molar-refractivity contribution >= 4 is 21.7 Å². The highest BCUT2D eigenvalue weighted by atomic mass is 32.2. The number of aryl methyl sites for hydroxylation is 2. The zero-order valence-corrected chi connectivity index (χ0v) is 10.4. The Kier molecular flexibility index (Phi) is 1.90. The smallest absolute Gasteiger partial charge is 0.264 e. The summed E-state index contributed by atoms with van der Waals surface area (Å²) in [5, 5.41) is 0. The first-order valence-corrected chi connectivity index (χ1v) is 6.56. The lowest BCUT2D eigenvalue weighted by Gasteiger charge is -2.08. The maximum Gasteiger partial charge on any atom is 0.264 e. The third kappa shape index (κ3) is 3.19. The highest BCUT2D eigenvalue weighted by molar-refractivity contribution is 7.92. The van der Waals surface area contributed by atoms with E-state index in [9.17, 15) is 8.42 Å². The molecule has 0 aliphatic heterocycles. The quantitative estimate of drug-likeness (QED) is 0.832. The van der Waals surface area contributed by atoms with E-state index in [1.807, 2.05) is 4.72 Å². The Morgan fingerprint density at radius 1 is 1.16 bits per heavy atom. The lowest BCUT2D eigenvalue weighted by Crippen LogP contribution is -2.15. The minimum atomic E-state index is -4.15. The van der Waals surface area contributed by atoms with Gasteiger partial charge in [-0.15, -0.1) is 0 Å². The summed E-state index contributed by atoms with van der Waals surface area (Å²) in [6.07, 6.45) is 0. The summed E-state index contributed by atoms with van der Waals surface area (Å²) in [6, 6.07) is 6.00. The second-order valence-electron chi connectivity index (χ2n) is 3.64. The molecule has 1 aromatic heterocycles. The number of benzene rings is 1. The van der Waals surface area contributed by atoms with Crippen molar-refractivity contribution in [3.05, 3.63) is 41.7 Å². The first-order valence-electron chi connectivity index (χ1n) is 8.07. The molecule has 0 aliphatic carbocycles. The Labute approximate surface area is 120 Å². The molecule has 7 heteroatoms. The van der Waals surface area contributed by atoms with E-state index in [-0.39, 0.29) is 4.90 Å². The van der Waals surface area contributed by atoms with Gasteiger partial charge in [0.1, 0.15) is 0 Å². The topological polar surface area (TPSA) is 98.0 Å². The second kappa shape index (κ2) is 4.85. The maximum atomic E-state index is 12.3. The van der Waals surface area contributed by atoms with Gasteiger partial charge >= 0.3 is 0 Å². The second-order valence-corrected chi connectivity index (χ2v) is 5.32. The van der Waals surface area contributed by atoms with Gasteiger partial charge in [-0.05, 0) is 44.0 Å². The number of hydrogen-bond acceptors (Lipinski definition) is 5. The van der Waals surface area contributed by atoms with Crippen LogP contribution >= 0.6 is 0 Å². The zero-order chi connectivity index (χ0) is 19.0. The van der Waals surface area contributed by atoms with E-state index in [2.05, 4.69) is 9.97 Å². The third-order valence-corrected chi connectivity index (χ3v) is 3.49. The molecule has 0 spiro atoms. The van der Waals surface area contributed by atoms with Crippen molar-refractivity contribution in [2.75, 3.05) is 10.5 Å². The average molecular weight is 284 g/mol. The highest BCUT2D eigenvalue weighted by Gasteiger charge is 2.15. The molecular weight excluding hydrogens is 264 g/mol. The Balaban J connectivity index is 2.49. The minimum Gasteiger partial charge on any atom is -0.399 e. The van der Waals surface area contributed by atoms with Crippen LogP contribution in [0.15, 0.2) is 35.2 Å². The number of nitrogens with zero attached hydrogens (tertiary/aromatic N) is 2. The number of sulfonamides is 1. The number of rotatable bonds is 3.